The SMILES string of the molecule is CC/C=C\C/C=C\C/C=C\C/C=C\C/C=C\CCCCCC(=O)OCC(COP(=O)(O)OCC(O)COP(=O)(O)OCC(COC(=O)CCCCCCCC/C=C\C/C=C\C/C=C\C/C=C\CC)OC(=O)CCCCCCCC/C=C\C/C=C\C/C=C\C/C=C\CC)OC(=O)C/C=C\C/C=C\C/C=C\C/C=C\C/C=C\CC. The Labute approximate surface area is 677 Å². The van der Waals surface area contributed by atoms with E-state index in [2.05, 4.69) is 222 Å². The summed E-state index contributed by atoms with van der Waals surface area (Å²) in [5, 5.41) is 10.7. The molecule has 0 rings (SSSR count). The number of carbonyl (C=O) groups excluding carboxylic acids is 4. The molecule has 5 unspecified atom stereocenters. The topological polar surface area (TPSA) is 237 Å². The maximum Gasteiger partial charge on any atom is 0.472 e. The minimum Gasteiger partial charge on any atom is -0.462 e. The zero-order chi connectivity index (χ0) is 81.7. The standard InChI is InChI=1S/C93H146O17P2/c1-5-9-13-17-21-25-29-33-37-40-43-46-50-53-57-61-65-69-73-77-90(95)103-83-88(109-92(97)79-75-71-67-63-59-55-49-36-32-28-24-20-16-12-8-4)85-107-111(99,100)105-81-87(94)82-106-112(101,102)108-86-89(110-93(98)80-76-72-68-64-60-56-52-48-45-42-39-35-31-27-23-19-15-11-7-3)84-104-91(96)78-74-70-66-62-58-54-51-47-44-41-38-34-30-26-22-18-14-10-6-2/h9-16,21-28,33-39,43-49,53,57,59,63,71,75,87-89,94H,5-8,17-20,29-32,40-42,50-52,54-56,58,60-62,64-70,72-74,76-86H2,1-4H3,(H,99,100)(H,101,102)/b13-9-,14-10-,15-11-,16-12-,25-21-,26-22-,27-23-,28-24-,37-33-,38-34-,39-35-,46-43-,47-44-,48-45-,49-36-,57-53-,63-59-,75-71-. The second-order valence-corrected chi connectivity index (χ2v) is 29.8. The summed E-state index contributed by atoms with van der Waals surface area (Å²) in [5.41, 5.74) is 0. The van der Waals surface area contributed by atoms with Crippen molar-refractivity contribution in [2.24, 2.45) is 0 Å². The van der Waals surface area contributed by atoms with Crippen molar-refractivity contribution in [2.75, 3.05) is 39.6 Å². The van der Waals surface area contributed by atoms with Gasteiger partial charge in [-0.3, -0.25) is 37.3 Å². The van der Waals surface area contributed by atoms with Crippen LogP contribution < -0.4 is 0 Å². The van der Waals surface area contributed by atoms with Gasteiger partial charge in [-0.2, -0.15) is 0 Å². The van der Waals surface area contributed by atoms with Crippen LogP contribution in [0, 0.1) is 0 Å². The Bertz CT molecular complexity index is 2990. The lowest BCUT2D eigenvalue weighted by Gasteiger charge is -2.21. The van der Waals surface area contributed by atoms with E-state index in [-0.39, 0.29) is 25.7 Å². The Morgan fingerprint density at radius 2 is 0.473 bits per heavy atom. The van der Waals surface area contributed by atoms with Crippen LogP contribution in [0.3, 0.4) is 0 Å². The fourth-order valence-electron chi connectivity index (χ4n) is 10.2. The lowest BCUT2D eigenvalue weighted by atomic mass is 10.1. The van der Waals surface area contributed by atoms with Crippen LogP contribution in [-0.2, 0) is 65.4 Å². The van der Waals surface area contributed by atoms with E-state index in [9.17, 15) is 43.2 Å². The molecule has 0 bridgehead atoms. The predicted molar refractivity (Wildman–Crippen MR) is 463 cm³/mol. The van der Waals surface area contributed by atoms with Crippen molar-refractivity contribution in [2.45, 2.75) is 303 Å². The molecule has 630 valence electrons. The predicted octanol–water partition coefficient (Wildman–Crippen LogP) is 25.2. The molecule has 5 atom stereocenters. The van der Waals surface area contributed by atoms with Gasteiger partial charge in [-0.15, -0.1) is 0 Å². The monoisotopic (exact) mass is 1600 g/mol. The third-order valence-corrected chi connectivity index (χ3v) is 18.4. The molecule has 112 heavy (non-hydrogen) atoms. The van der Waals surface area contributed by atoms with Crippen LogP contribution in [0.5, 0.6) is 0 Å². The largest absolute Gasteiger partial charge is 0.472 e. The number of hydrogen-bond acceptors (Lipinski definition) is 15. The lowest BCUT2D eigenvalue weighted by Crippen LogP contribution is -2.30. The number of rotatable bonds is 76. The van der Waals surface area contributed by atoms with Crippen LogP contribution in [-0.4, -0.2) is 96.7 Å². The van der Waals surface area contributed by atoms with E-state index in [0.717, 1.165) is 205 Å². The number of phosphoric ester groups is 2. The van der Waals surface area contributed by atoms with Gasteiger partial charge in [0.1, 0.15) is 19.3 Å². The van der Waals surface area contributed by atoms with E-state index in [0.29, 0.717) is 25.7 Å². The molecule has 0 aromatic carbocycles. The molecule has 0 spiro atoms. The highest BCUT2D eigenvalue weighted by Crippen LogP contribution is 2.45. The van der Waals surface area contributed by atoms with Gasteiger partial charge < -0.3 is 33.8 Å². The minimum atomic E-state index is -5.03. The summed E-state index contributed by atoms with van der Waals surface area (Å²) in [5.74, 6) is -2.41. The third kappa shape index (κ3) is 81.4. The van der Waals surface area contributed by atoms with E-state index >= 15 is 0 Å². The number of esters is 4. The van der Waals surface area contributed by atoms with E-state index < -0.39 is 97.5 Å². The van der Waals surface area contributed by atoms with Crippen molar-refractivity contribution < 1.29 is 80.2 Å². The van der Waals surface area contributed by atoms with Gasteiger partial charge in [0.25, 0.3) is 0 Å². The number of allylic oxidation sites excluding steroid dienone is 35. The second-order valence-electron chi connectivity index (χ2n) is 26.9. The Balaban J connectivity index is 5.52. The van der Waals surface area contributed by atoms with E-state index in [1.807, 2.05) is 12.2 Å². The van der Waals surface area contributed by atoms with E-state index in [4.69, 9.17) is 37.0 Å². The fraction of sp³-hybridized carbons (Fsp3) is 0.570. The summed E-state index contributed by atoms with van der Waals surface area (Å²) >= 11 is 0. The molecule has 0 saturated heterocycles. The minimum absolute atomic E-state index is 0.0626. The maximum atomic E-state index is 13.1. The van der Waals surface area contributed by atoms with Gasteiger partial charge in [-0.25, -0.2) is 9.13 Å². The normalized spacial score (nSPS) is 14.9. The summed E-state index contributed by atoms with van der Waals surface area (Å²) in [6, 6.07) is 0. The molecule has 0 amide bonds. The molecule has 0 aliphatic heterocycles. The molecule has 0 fully saturated rings. The molecule has 17 nitrogen and oxygen atoms in total. The molecule has 0 aliphatic rings. The third-order valence-electron chi connectivity index (χ3n) is 16.5. The van der Waals surface area contributed by atoms with Crippen molar-refractivity contribution in [3.63, 3.8) is 0 Å². The van der Waals surface area contributed by atoms with Gasteiger partial charge in [0.2, 0.25) is 0 Å². The van der Waals surface area contributed by atoms with Crippen LogP contribution in [0.25, 0.3) is 0 Å². The average molecular weight is 1600 g/mol. The van der Waals surface area contributed by atoms with Gasteiger partial charge in [0.15, 0.2) is 12.2 Å². The van der Waals surface area contributed by atoms with Crippen LogP contribution in [0.2, 0.25) is 0 Å². The molecule has 0 saturated carbocycles. The van der Waals surface area contributed by atoms with Crippen LogP contribution in [0.4, 0.5) is 0 Å². The van der Waals surface area contributed by atoms with Crippen LogP contribution in [0.1, 0.15) is 285 Å². The number of carbonyl (C=O) groups is 4. The maximum absolute atomic E-state index is 13.1. The Morgan fingerprint density at radius 3 is 0.759 bits per heavy atom. The molecule has 0 aliphatic carbocycles. The molecule has 0 radical (unpaired) electrons. The molecular weight excluding hydrogens is 1450 g/mol. The molecule has 0 aromatic heterocycles. The van der Waals surface area contributed by atoms with Crippen molar-refractivity contribution in [1.82, 2.24) is 0 Å². The molecule has 19 heteroatoms. The molecular formula is C93H146O17P2. The lowest BCUT2D eigenvalue weighted by molar-refractivity contribution is -0.161. The Kier molecular flexibility index (Phi) is 77.5. The van der Waals surface area contributed by atoms with E-state index in [1.165, 1.54) is 0 Å². The highest BCUT2D eigenvalue weighted by Gasteiger charge is 2.30. The first-order chi connectivity index (χ1) is 54.7. The van der Waals surface area contributed by atoms with Crippen LogP contribution in [0.15, 0.2) is 219 Å². The second kappa shape index (κ2) is 82.4. The van der Waals surface area contributed by atoms with Gasteiger partial charge in [-0.1, -0.05) is 304 Å². The van der Waals surface area contributed by atoms with Gasteiger partial charge >= 0.3 is 39.5 Å². The van der Waals surface area contributed by atoms with Crippen molar-refractivity contribution >= 4 is 39.5 Å². The van der Waals surface area contributed by atoms with Gasteiger partial charge in [0, 0.05) is 19.3 Å². The highest BCUT2D eigenvalue weighted by molar-refractivity contribution is 7.47. The Morgan fingerprint density at radius 1 is 0.259 bits per heavy atom. The summed E-state index contributed by atoms with van der Waals surface area (Å²) in [6.07, 6.45) is 105. The molecule has 0 aromatic rings. The zero-order valence-electron chi connectivity index (χ0n) is 69.0. The summed E-state index contributed by atoms with van der Waals surface area (Å²) in [6.45, 7) is 4.22. The quantitative estimate of drug-likeness (QED) is 0.0169. The van der Waals surface area contributed by atoms with Gasteiger partial charge in [-0.05, 0) is 173 Å². The van der Waals surface area contributed by atoms with Crippen molar-refractivity contribution in [3.05, 3.63) is 219 Å². The summed E-state index contributed by atoms with van der Waals surface area (Å²) < 4.78 is 68.6. The number of aliphatic hydroxyl groups excluding tert-OH is 1. The highest BCUT2D eigenvalue weighted by atomic mass is 31.2. The fourth-order valence-corrected chi connectivity index (χ4v) is 11.8. The van der Waals surface area contributed by atoms with Gasteiger partial charge in [0.05, 0.1) is 32.8 Å². The first kappa shape index (κ1) is 105. The van der Waals surface area contributed by atoms with Crippen LogP contribution >= 0.6 is 15.6 Å². The molecule has 0 heterocycles. The summed E-state index contributed by atoms with van der Waals surface area (Å²) in [4.78, 5) is 73.2. The first-order valence-corrected chi connectivity index (χ1v) is 45.0. The first-order valence-electron chi connectivity index (χ1n) is 42.0. The van der Waals surface area contributed by atoms with Crippen molar-refractivity contribution in [3.8, 4) is 0 Å². The molecule has 3 N–H and O–H groups in total. The number of unbranched alkanes of at least 4 members (excludes halogenated alkanes) is 15. The van der Waals surface area contributed by atoms with Crippen molar-refractivity contribution in [1.29, 1.82) is 0 Å². The smallest absolute Gasteiger partial charge is 0.462 e. The van der Waals surface area contributed by atoms with E-state index in [1.54, 1.807) is 12.2 Å². The number of aliphatic hydroxyl groups is 1. The zero-order valence-corrected chi connectivity index (χ0v) is 70.8. The average Bonchev–Trinajstić information content (AvgIpc) is 0.898. The Hall–Kier alpha value is -6.62. The number of hydrogen-bond donors (Lipinski definition) is 3. The number of phosphoric acid groups is 2. The number of ether oxygens (including phenoxy) is 4. The summed E-state index contributed by atoms with van der Waals surface area (Å²) in [7, 11) is -10.0.